The molecule has 5 aliphatic heterocycles. The Balaban J connectivity index is 1.66. The normalized spacial score (nSPS) is 57.1. The Morgan fingerprint density at radius 3 is 0.955 bits per heavy atom. The summed E-state index contributed by atoms with van der Waals surface area (Å²) in [4.78, 5) is 47.5. The van der Waals surface area contributed by atoms with E-state index < -0.39 is 78.1 Å². The molecule has 5 rings (SSSR count). The van der Waals surface area contributed by atoms with Crippen molar-refractivity contribution >= 4 is 53.7 Å². The van der Waals surface area contributed by atoms with Crippen molar-refractivity contribution in [3.05, 3.63) is 0 Å². The standard InChI is InChI=1S/C8H4As2O12/c11-5-1-2-6(12)20-10(16-2)18-4(8(14)22-10)3-7(13)21-9(15-1,17-3)19-5/h1-4H/q-2. The Kier molecular flexibility index (Phi) is 2.32. The third kappa shape index (κ3) is 1.52. The van der Waals surface area contributed by atoms with Crippen LogP contribution in [0.1, 0.15) is 0 Å². The molecule has 5 fully saturated rings. The van der Waals surface area contributed by atoms with Gasteiger partial charge in [-0.05, 0) is 0 Å². The molecule has 6 bridgehead atoms. The predicted octanol–water partition coefficient (Wildman–Crippen LogP) is -3.36. The molecule has 0 saturated carbocycles. The van der Waals surface area contributed by atoms with Gasteiger partial charge in [0.05, 0.1) is 0 Å². The Labute approximate surface area is 127 Å². The summed E-state index contributed by atoms with van der Waals surface area (Å²) in [6, 6.07) is 0. The molecule has 22 heavy (non-hydrogen) atoms. The van der Waals surface area contributed by atoms with Crippen molar-refractivity contribution in [2.45, 2.75) is 24.4 Å². The molecule has 0 aliphatic carbocycles. The fraction of sp³-hybridized carbons (Fsp3) is 0.500. The molecule has 5 aliphatic rings. The second kappa shape index (κ2) is 3.84. The van der Waals surface area contributed by atoms with Gasteiger partial charge in [-0.3, -0.25) is 0 Å². The van der Waals surface area contributed by atoms with Gasteiger partial charge < -0.3 is 0 Å². The van der Waals surface area contributed by atoms with Gasteiger partial charge in [0, 0.05) is 0 Å². The molecule has 5 heterocycles. The molecule has 5 saturated heterocycles. The molecule has 0 amide bonds. The van der Waals surface area contributed by atoms with Crippen LogP contribution in [0.2, 0.25) is 0 Å². The average molecular weight is 442 g/mol. The van der Waals surface area contributed by atoms with E-state index in [-0.39, 0.29) is 0 Å². The number of fused-ring (bicyclic) bond motifs is 6. The van der Waals surface area contributed by atoms with Gasteiger partial charge in [0.2, 0.25) is 0 Å². The zero-order chi connectivity index (χ0) is 15.3. The molecular weight excluding hydrogens is 438 g/mol. The second-order valence-electron chi connectivity index (χ2n) is 4.64. The van der Waals surface area contributed by atoms with Crippen LogP contribution in [0.4, 0.5) is 0 Å². The Bertz CT molecular complexity index is 548. The van der Waals surface area contributed by atoms with Crippen molar-refractivity contribution in [3.63, 3.8) is 0 Å². The summed E-state index contributed by atoms with van der Waals surface area (Å²) in [7, 11) is 0. The van der Waals surface area contributed by atoms with E-state index >= 15 is 0 Å². The summed E-state index contributed by atoms with van der Waals surface area (Å²) < 4.78 is 40.7. The van der Waals surface area contributed by atoms with Crippen LogP contribution in [0.5, 0.6) is 0 Å². The van der Waals surface area contributed by atoms with Crippen molar-refractivity contribution < 1.29 is 49.0 Å². The minimum absolute atomic E-state index is 0.983. The van der Waals surface area contributed by atoms with Gasteiger partial charge in [-0.2, -0.15) is 0 Å². The molecule has 4 atom stereocenters. The van der Waals surface area contributed by atoms with Crippen molar-refractivity contribution in [3.8, 4) is 0 Å². The van der Waals surface area contributed by atoms with E-state index in [9.17, 15) is 19.2 Å². The van der Waals surface area contributed by atoms with Crippen LogP contribution in [0.15, 0.2) is 0 Å². The van der Waals surface area contributed by atoms with Crippen LogP contribution in [0, 0.1) is 0 Å². The fourth-order valence-corrected chi connectivity index (χ4v) is 10.1. The van der Waals surface area contributed by atoms with Crippen LogP contribution in [0.25, 0.3) is 0 Å². The van der Waals surface area contributed by atoms with Crippen molar-refractivity contribution in [2.24, 2.45) is 0 Å². The van der Waals surface area contributed by atoms with Gasteiger partial charge in [-0.25, -0.2) is 0 Å². The molecule has 0 aromatic carbocycles. The first-order valence-corrected chi connectivity index (χ1v) is 12.0. The third-order valence-corrected chi connectivity index (χ3v) is 10.7. The summed E-state index contributed by atoms with van der Waals surface area (Å²) in [5, 5.41) is 0. The third-order valence-electron chi connectivity index (χ3n) is 3.26. The van der Waals surface area contributed by atoms with Crippen LogP contribution < -0.4 is 0 Å². The Morgan fingerprint density at radius 2 is 0.727 bits per heavy atom. The summed E-state index contributed by atoms with van der Waals surface area (Å²) in [6.45, 7) is 0. The van der Waals surface area contributed by atoms with Crippen LogP contribution in [-0.2, 0) is 49.0 Å². The molecule has 14 heteroatoms. The van der Waals surface area contributed by atoms with Gasteiger partial charge in [0.15, 0.2) is 0 Å². The van der Waals surface area contributed by atoms with Gasteiger partial charge in [-0.15, -0.1) is 0 Å². The van der Waals surface area contributed by atoms with E-state index in [0.717, 1.165) is 0 Å². The van der Waals surface area contributed by atoms with Crippen molar-refractivity contribution in [1.82, 2.24) is 0 Å². The first-order valence-electron chi connectivity index (χ1n) is 5.86. The monoisotopic (exact) mass is 442 g/mol. The minimum atomic E-state index is -4.54. The molecule has 0 N–H and O–H groups in total. The van der Waals surface area contributed by atoms with E-state index in [0.29, 0.717) is 0 Å². The average Bonchev–Trinajstić information content (AvgIpc) is 3.09. The van der Waals surface area contributed by atoms with E-state index in [1.807, 2.05) is 0 Å². The zero-order valence-electron chi connectivity index (χ0n) is 10.1. The quantitative estimate of drug-likeness (QED) is 0.346. The number of hydrogen-bond donors (Lipinski definition) is 0. The molecule has 2 spiro atoms. The number of carbonyl (C=O) groups excluding carboxylic acids is 4. The molecule has 120 valence electrons. The molecule has 12 nitrogen and oxygen atoms in total. The van der Waals surface area contributed by atoms with Gasteiger partial charge in [0.1, 0.15) is 0 Å². The van der Waals surface area contributed by atoms with Gasteiger partial charge >= 0.3 is 127 Å². The van der Waals surface area contributed by atoms with Crippen LogP contribution in [0.3, 0.4) is 0 Å². The van der Waals surface area contributed by atoms with Crippen LogP contribution in [-0.4, -0.2) is 78.1 Å². The molecule has 4 unspecified atom stereocenters. The summed E-state index contributed by atoms with van der Waals surface area (Å²) in [5.41, 5.74) is 0. The predicted molar refractivity (Wildman–Crippen MR) is 55.4 cm³/mol. The first kappa shape index (κ1) is 13.3. The first-order chi connectivity index (χ1) is 10.4. The number of carbonyl (C=O) groups is 4. The number of rotatable bonds is 0. The van der Waals surface area contributed by atoms with Crippen LogP contribution >= 0.6 is 0 Å². The molecule has 0 radical (unpaired) electrons. The van der Waals surface area contributed by atoms with E-state index in [1.54, 1.807) is 0 Å². The van der Waals surface area contributed by atoms with E-state index in [1.165, 1.54) is 0 Å². The Hall–Kier alpha value is -1.16. The maximum absolute atomic E-state index is 11.9. The second-order valence-corrected chi connectivity index (χ2v) is 11.7. The summed E-state index contributed by atoms with van der Waals surface area (Å²) >= 11 is -9.07. The maximum atomic E-state index is 11.9. The molecule has 0 aromatic heterocycles. The SMILES string of the molecule is O=C1O[As-]23OC(=O)C(O2)C2O[As-]4(OC(=O)C(O4)C1O3)OC2=O. The van der Waals surface area contributed by atoms with Crippen molar-refractivity contribution in [2.75, 3.05) is 0 Å². The van der Waals surface area contributed by atoms with Crippen molar-refractivity contribution in [1.29, 1.82) is 0 Å². The van der Waals surface area contributed by atoms with E-state index in [4.69, 9.17) is 29.8 Å². The molecular formula is C8H4As2O12-2. The summed E-state index contributed by atoms with van der Waals surface area (Å²) in [6.07, 6.45) is -6.14. The number of hydrogen-bond acceptors (Lipinski definition) is 12. The topological polar surface area (TPSA) is 142 Å². The summed E-state index contributed by atoms with van der Waals surface area (Å²) in [5.74, 6) is -3.93. The van der Waals surface area contributed by atoms with Gasteiger partial charge in [-0.1, -0.05) is 0 Å². The van der Waals surface area contributed by atoms with E-state index in [2.05, 4.69) is 0 Å². The zero-order valence-corrected chi connectivity index (χ0v) is 13.9. The van der Waals surface area contributed by atoms with Gasteiger partial charge in [0.25, 0.3) is 0 Å². The fourth-order valence-electron chi connectivity index (χ4n) is 2.35. The Morgan fingerprint density at radius 1 is 0.500 bits per heavy atom. The molecule has 0 aromatic rings.